The molecule has 1 fully saturated rings. The van der Waals surface area contributed by atoms with Crippen molar-refractivity contribution in [3.8, 4) is 0 Å². The van der Waals surface area contributed by atoms with E-state index in [9.17, 15) is 4.79 Å². The van der Waals surface area contributed by atoms with Crippen molar-refractivity contribution in [2.45, 2.75) is 32.7 Å². The van der Waals surface area contributed by atoms with E-state index in [1.165, 1.54) is 0 Å². The van der Waals surface area contributed by atoms with E-state index in [2.05, 4.69) is 20.5 Å². The van der Waals surface area contributed by atoms with Crippen molar-refractivity contribution in [3.05, 3.63) is 0 Å². The van der Waals surface area contributed by atoms with Crippen LogP contribution in [0.2, 0.25) is 0 Å². The number of carbonyl (C=O) groups is 1. The van der Waals surface area contributed by atoms with Gasteiger partial charge in [0.25, 0.3) is 0 Å². The molecule has 4 N–H and O–H groups in total. The van der Waals surface area contributed by atoms with E-state index in [1.54, 1.807) is 0 Å². The third-order valence-electron chi connectivity index (χ3n) is 3.13. The number of nitrogens with one attached hydrogen (secondary N) is 2. The Labute approximate surface area is 150 Å². The maximum atomic E-state index is 11.4. The Bertz CT molecular complexity index is 333. The molecule has 1 amide bonds. The molecule has 7 nitrogen and oxygen atoms in total. The van der Waals surface area contributed by atoms with Crippen molar-refractivity contribution in [1.29, 1.82) is 0 Å². The Kier molecular flexibility index (Phi) is 12.5. The first-order chi connectivity index (χ1) is 10.1. The van der Waals surface area contributed by atoms with E-state index in [0.29, 0.717) is 25.5 Å². The van der Waals surface area contributed by atoms with Crippen LogP contribution in [0.15, 0.2) is 4.99 Å². The summed E-state index contributed by atoms with van der Waals surface area (Å²) in [6.45, 7) is 9.77. The molecule has 1 heterocycles. The van der Waals surface area contributed by atoms with Crippen LogP contribution < -0.4 is 16.4 Å². The van der Waals surface area contributed by atoms with Crippen molar-refractivity contribution in [2.75, 3.05) is 45.9 Å². The second-order valence-electron chi connectivity index (χ2n) is 5.47. The highest BCUT2D eigenvalue weighted by atomic mass is 127. The van der Waals surface area contributed by atoms with E-state index < -0.39 is 0 Å². The van der Waals surface area contributed by atoms with E-state index >= 15 is 0 Å². The number of guanidine groups is 1. The lowest BCUT2D eigenvalue weighted by Crippen LogP contribution is -2.38. The molecule has 0 aromatic carbocycles. The molecule has 0 unspecified atom stereocenters. The van der Waals surface area contributed by atoms with Crippen LogP contribution >= 0.6 is 24.0 Å². The van der Waals surface area contributed by atoms with Gasteiger partial charge in [-0.2, -0.15) is 0 Å². The lowest BCUT2D eigenvalue weighted by atomic mass is 10.3. The predicted octanol–water partition coefficient (Wildman–Crippen LogP) is 0.146. The highest BCUT2D eigenvalue weighted by molar-refractivity contribution is 14.0. The first kappa shape index (κ1) is 21.4. The largest absolute Gasteiger partial charge is 0.379 e. The van der Waals surface area contributed by atoms with E-state index in [-0.39, 0.29) is 35.9 Å². The summed E-state index contributed by atoms with van der Waals surface area (Å²) >= 11 is 0. The lowest BCUT2D eigenvalue weighted by Gasteiger charge is -2.26. The van der Waals surface area contributed by atoms with Gasteiger partial charge in [0.1, 0.15) is 0 Å². The van der Waals surface area contributed by atoms with Crippen molar-refractivity contribution >= 4 is 35.8 Å². The van der Waals surface area contributed by atoms with Gasteiger partial charge < -0.3 is 21.1 Å². The van der Waals surface area contributed by atoms with Gasteiger partial charge in [-0.3, -0.25) is 14.7 Å². The molecule has 0 spiro atoms. The summed E-state index contributed by atoms with van der Waals surface area (Å²) < 4.78 is 5.30. The number of hydrogen-bond acceptors (Lipinski definition) is 4. The minimum absolute atomic E-state index is 0. The number of halogens is 1. The molecule has 1 rings (SSSR count). The second kappa shape index (κ2) is 12.9. The van der Waals surface area contributed by atoms with Crippen LogP contribution in [0.4, 0.5) is 0 Å². The fourth-order valence-electron chi connectivity index (χ4n) is 2.07. The normalized spacial score (nSPS) is 16.2. The molecule has 22 heavy (non-hydrogen) atoms. The highest BCUT2D eigenvalue weighted by Crippen LogP contribution is 1.97. The van der Waals surface area contributed by atoms with E-state index in [1.807, 2.05) is 13.8 Å². The van der Waals surface area contributed by atoms with Crippen LogP contribution in [-0.2, 0) is 9.53 Å². The van der Waals surface area contributed by atoms with Crippen molar-refractivity contribution < 1.29 is 9.53 Å². The summed E-state index contributed by atoms with van der Waals surface area (Å²) in [6, 6.07) is 0.170. The number of morpholine rings is 1. The fraction of sp³-hybridized carbons (Fsp3) is 0.857. The Hall–Kier alpha value is -0.610. The topological polar surface area (TPSA) is 92.0 Å². The van der Waals surface area contributed by atoms with Gasteiger partial charge in [-0.1, -0.05) is 0 Å². The van der Waals surface area contributed by atoms with Crippen LogP contribution in [0.25, 0.3) is 0 Å². The molecule has 130 valence electrons. The molecule has 0 aromatic heterocycles. The summed E-state index contributed by atoms with van der Waals surface area (Å²) in [7, 11) is 0. The van der Waals surface area contributed by atoms with Gasteiger partial charge in [-0.15, -0.1) is 24.0 Å². The van der Waals surface area contributed by atoms with Crippen LogP contribution in [0.1, 0.15) is 26.7 Å². The van der Waals surface area contributed by atoms with E-state index in [4.69, 9.17) is 10.5 Å². The molecule has 0 aromatic rings. The number of aliphatic imine (C=N–C) groups is 1. The maximum absolute atomic E-state index is 11.4. The van der Waals surface area contributed by atoms with Gasteiger partial charge in [-0.05, 0) is 20.3 Å². The minimum atomic E-state index is 0. The van der Waals surface area contributed by atoms with Crippen LogP contribution in [-0.4, -0.2) is 68.7 Å². The number of hydrogen-bond donors (Lipinski definition) is 3. The molecular formula is C14H30IN5O2. The SMILES string of the molecule is CC(C)NC(=O)CCNC(N)=NCCCN1CCOCC1.I. The third-order valence-corrected chi connectivity index (χ3v) is 3.13. The molecule has 1 saturated heterocycles. The zero-order valence-corrected chi connectivity index (χ0v) is 16.0. The smallest absolute Gasteiger partial charge is 0.221 e. The fourth-order valence-corrected chi connectivity index (χ4v) is 2.07. The zero-order valence-electron chi connectivity index (χ0n) is 13.6. The Morgan fingerprint density at radius 1 is 1.36 bits per heavy atom. The first-order valence-corrected chi connectivity index (χ1v) is 7.71. The van der Waals surface area contributed by atoms with E-state index in [0.717, 1.165) is 39.3 Å². The van der Waals surface area contributed by atoms with Gasteiger partial charge >= 0.3 is 0 Å². The molecule has 0 radical (unpaired) electrons. The number of rotatable bonds is 8. The molecule has 0 atom stereocenters. The molecule has 0 aliphatic carbocycles. The average molecular weight is 427 g/mol. The summed E-state index contributed by atoms with van der Waals surface area (Å²) in [5.41, 5.74) is 5.75. The maximum Gasteiger partial charge on any atom is 0.221 e. The van der Waals surface area contributed by atoms with Crippen molar-refractivity contribution in [3.63, 3.8) is 0 Å². The Morgan fingerprint density at radius 2 is 2.05 bits per heavy atom. The molecule has 1 aliphatic heterocycles. The zero-order chi connectivity index (χ0) is 15.5. The summed E-state index contributed by atoms with van der Waals surface area (Å²) in [6.07, 6.45) is 1.39. The Morgan fingerprint density at radius 3 is 2.68 bits per heavy atom. The standard InChI is InChI=1S/C14H29N5O2.HI/c1-12(2)18-13(20)4-6-17-14(15)16-5-3-7-19-8-10-21-11-9-19;/h12H,3-11H2,1-2H3,(H,18,20)(H3,15,16,17);1H. The molecule has 0 bridgehead atoms. The molecule has 8 heteroatoms. The molecule has 1 aliphatic rings. The Balaban J connectivity index is 0.00000441. The lowest BCUT2D eigenvalue weighted by molar-refractivity contribution is -0.121. The van der Waals surface area contributed by atoms with Crippen LogP contribution in [0.3, 0.4) is 0 Å². The van der Waals surface area contributed by atoms with Gasteiger partial charge in [0, 0.05) is 45.2 Å². The molecule has 0 saturated carbocycles. The van der Waals surface area contributed by atoms with Gasteiger partial charge in [-0.25, -0.2) is 0 Å². The number of nitrogens with zero attached hydrogens (tertiary/aromatic N) is 2. The van der Waals surface area contributed by atoms with Crippen molar-refractivity contribution in [1.82, 2.24) is 15.5 Å². The monoisotopic (exact) mass is 427 g/mol. The quantitative estimate of drug-likeness (QED) is 0.222. The summed E-state index contributed by atoms with van der Waals surface area (Å²) in [5, 5.41) is 5.79. The molecular weight excluding hydrogens is 397 g/mol. The van der Waals surface area contributed by atoms with Gasteiger partial charge in [0.15, 0.2) is 5.96 Å². The highest BCUT2D eigenvalue weighted by Gasteiger charge is 2.08. The number of amides is 1. The summed E-state index contributed by atoms with van der Waals surface area (Å²) in [5.74, 6) is 0.437. The number of carbonyl (C=O) groups excluding carboxylic acids is 1. The minimum Gasteiger partial charge on any atom is -0.379 e. The third kappa shape index (κ3) is 11.0. The average Bonchev–Trinajstić information content (AvgIpc) is 2.44. The number of ether oxygens (including phenoxy) is 1. The first-order valence-electron chi connectivity index (χ1n) is 7.71. The van der Waals surface area contributed by atoms with Gasteiger partial charge in [0.05, 0.1) is 13.2 Å². The second-order valence-corrected chi connectivity index (χ2v) is 5.47. The summed E-state index contributed by atoms with van der Waals surface area (Å²) in [4.78, 5) is 18.1. The van der Waals surface area contributed by atoms with Crippen molar-refractivity contribution in [2.24, 2.45) is 10.7 Å². The van der Waals surface area contributed by atoms with Gasteiger partial charge in [0.2, 0.25) is 5.91 Å². The number of nitrogens with two attached hydrogens (primary N) is 1. The van der Waals surface area contributed by atoms with Crippen LogP contribution in [0.5, 0.6) is 0 Å². The van der Waals surface area contributed by atoms with Crippen LogP contribution in [0, 0.1) is 0 Å². The predicted molar refractivity (Wildman–Crippen MR) is 99.7 cm³/mol.